The van der Waals surface area contributed by atoms with Crippen LogP contribution in [0.15, 0.2) is 18.2 Å². The van der Waals surface area contributed by atoms with E-state index < -0.39 is 16.7 Å². The molecular formula is C10H10ClN3O4. The number of rotatable bonds is 4. The first-order valence-corrected chi connectivity index (χ1v) is 5.18. The third-order valence-electron chi connectivity index (χ3n) is 2.13. The van der Waals surface area contributed by atoms with Crippen molar-refractivity contribution in [2.45, 2.75) is 0 Å². The summed E-state index contributed by atoms with van der Waals surface area (Å²) >= 11 is 5.69. The lowest BCUT2D eigenvalue weighted by atomic mass is 10.1. The van der Waals surface area contributed by atoms with Crippen LogP contribution in [-0.4, -0.2) is 35.2 Å². The van der Waals surface area contributed by atoms with E-state index in [1.54, 1.807) is 0 Å². The molecule has 0 aliphatic carbocycles. The first-order valence-electron chi connectivity index (χ1n) is 4.80. The highest BCUT2D eigenvalue weighted by molar-refractivity contribution is 6.31. The minimum Gasteiger partial charge on any atom is -0.368 e. The Hall–Kier alpha value is -2.15. The summed E-state index contributed by atoms with van der Waals surface area (Å²) in [6, 6.07) is 3.62. The Kier molecular flexibility index (Phi) is 4.22. The van der Waals surface area contributed by atoms with Crippen LogP contribution >= 0.6 is 11.6 Å². The molecule has 96 valence electrons. The second-order valence-corrected chi connectivity index (χ2v) is 3.98. The van der Waals surface area contributed by atoms with Crippen molar-refractivity contribution in [2.75, 3.05) is 13.6 Å². The van der Waals surface area contributed by atoms with Gasteiger partial charge in [0.05, 0.1) is 11.5 Å². The van der Waals surface area contributed by atoms with Gasteiger partial charge in [-0.15, -0.1) is 0 Å². The number of hydrogen-bond acceptors (Lipinski definition) is 4. The number of carbonyl (C=O) groups excluding carboxylic acids is 2. The molecule has 0 aromatic heterocycles. The molecule has 18 heavy (non-hydrogen) atoms. The Morgan fingerprint density at radius 1 is 1.50 bits per heavy atom. The molecule has 0 saturated carbocycles. The number of nitrogens with zero attached hydrogens (tertiary/aromatic N) is 2. The molecule has 0 aliphatic heterocycles. The molecule has 0 heterocycles. The van der Waals surface area contributed by atoms with E-state index in [1.165, 1.54) is 19.2 Å². The van der Waals surface area contributed by atoms with Crippen LogP contribution in [0.25, 0.3) is 0 Å². The van der Waals surface area contributed by atoms with Gasteiger partial charge in [0.25, 0.3) is 11.6 Å². The van der Waals surface area contributed by atoms with Gasteiger partial charge >= 0.3 is 0 Å². The summed E-state index contributed by atoms with van der Waals surface area (Å²) in [4.78, 5) is 33.7. The van der Waals surface area contributed by atoms with Crippen LogP contribution in [-0.2, 0) is 4.79 Å². The third-order valence-corrected chi connectivity index (χ3v) is 2.36. The van der Waals surface area contributed by atoms with E-state index in [2.05, 4.69) is 0 Å². The van der Waals surface area contributed by atoms with Crippen LogP contribution in [0.2, 0.25) is 5.02 Å². The maximum atomic E-state index is 11.9. The Bertz CT molecular complexity index is 518. The lowest BCUT2D eigenvalue weighted by Gasteiger charge is -2.15. The van der Waals surface area contributed by atoms with E-state index in [1.807, 2.05) is 0 Å². The van der Waals surface area contributed by atoms with Gasteiger partial charge in [-0.05, 0) is 12.1 Å². The molecule has 2 N–H and O–H groups in total. The zero-order valence-electron chi connectivity index (χ0n) is 9.42. The second-order valence-electron chi connectivity index (χ2n) is 3.55. The van der Waals surface area contributed by atoms with Gasteiger partial charge in [-0.3, -0.25) is 19.7 Å². The van der Waals surface area contributed by atoms with Crippen LogP contribution in [0.4, 0.5) is 5.69 Å². The number of nitro benzene ring substituents is 1. The number of likely N-dealkylation sites (N-methyl/N-ethyl adjacent to an activating group) is 1. The van der Waals surface area contributed by atoms with Crippen LogP contribution in [0, 0.1) is 10.1 Å². The molecule has 0 radical (unpaired) electrons. The van der Waals surface area contributed by atoms with Gasteiger partial charge in [-0.25, -0.2) is 0 Å². The van der Waals surface area contributed by atoms with Gasteiger partial charge in [0.15, 0.2) is 0 Å². The number of primary amides is 1. The Balaban J connectivity index is 3.15. The van der Waals surface area contributed by atoms with Gasteiger partial charge in [-0.1, -0.05) is 11.6 Å². The van der Waals surface area contributed by atoms with Crippen molar-refractivity contribution >= 4 is 29.1 Å². The number of nitrogens with two attached hydrogens (primary N) is 1. The molecule has 1 rings (SSSR count). The maximum Gasteiger partial charge on any atom is 0.282 e. The fourth-order valence-corrected chi connectivity index (χ4v) is 1.52. The van der Waals surface area contributed by atoms with E-state index in [4.69, 9.17) is 17.3 Å². The third kappa shape index (κ3) is 3.17. The van der Waals surface area contributed by atoms with Crippen LogP contribution in [0.5, 0.6) is 0 Å². The summed E-state index contributed by atoms with van der Waals surface area (Å²) in [5.41, 5.74) is 4.39. The number of amides is 2. The van der Waals surface area contributed by atoms with Crippen molar-refractivity contribution in [3.63, 3.8) is 0 Å². The average Bonchev–Trinajstić information content (AvgIpc) is 2.26. The average molecular weight is 272 g/mol. The highest BCUT2D eigenvalue weighted by Crippen LogP contribution is 2.23. The summed E-state index contributed by atoms with van der Waals surface area (Å²) in [6.07, 6.45) is 0. The summed E-state index contributed by atoms with van der Waals surface area (Å²) in [7, 11) is 1.32. The van der Waals surface area contributed by atoms with Crippen LogP contribution in [0.1, 0.15) is 10.4 Å². The molecule has 0 unspecified atom stereocenters. The molecular weight excluding hydrogens is 262 g/mol. The minimum absolute atomic E-state index is 0.184. The number of halogens is 1. The predicted octanol–water partition coefficient (Wildman–Crippen LogP) is 0.806. The molecule has 0 spiro atoms. The molecule has 7 nitrogen and oxygen atoms in total. The molecule has 0 saturated heterocycles. The summed E-state index contributed by atoms with van der Waals surface area (Å²) < 4.78 is 0. The Morgan fingerprint density at radius 2 is 2.11 bits per heavy atom. The van der Waals surface area contributed by atoms with Crippen molar-refractivity contribution in [3.8, 4) is 0 Å². The van der Waals surface area contributed by atoms with E-state index in [9.17, 15) is 19.7 Å². The molecule has 0 aliphatic rings. The van der Waals surface area contributed by atoms with Gasteiger partial charge in [-0.2, -0.15) is 0 Å². The molecule has 8 heteroatoms. The zero-order chi connectivity index (χ0) is 13.9. The number of hydrogen-bond donors (Lipinski definition) is 1. The first kappa shape index (κ1) is 13.9. The SMILES string of the molecule is CN(CC(N)=O)C(=O)c1cc(Cl)ccc1[N+](=O)[O-]. The Labute approximate surface area is 107 Å². The topological polar surface area (TPSA) is 107 Å². The van der Waals surface area contributed by atoms with Gasteiger partial charge in [0.2, 0.25) is 5.91 Å². The van der Waals surface area contributed by atoms with Crippen molar-refractivity contribution in [1.82, 2.24) is 4.90 Å². The van der Waals surface area contributed by atoms with E-state index in [0.29, 0.717) is 0 Å². The molecule has 0 atom stereocenters. The van der Waals surface area contributed by atoms with Gasteiger partial charge in [0.1, 0.15) is 5.56 Å². The van der Waals surface area contributed by atoms with Gasteiger partial charge in [0, 0.05) is 18.1 Å². The normalized spacial score (nSPS) is 9.89. The van der Waals surface area contributed by atoms with E-state index >= 15 is 0 Å². The lowest BCUT2D eigenvalue weighted by Crippen LogP contribution is -2.35. The van der Waals surface area contributed by atoms with Crippen molar-refractivity contribution in [2.24, 2.45) is 5.73 Å². The summed E-state index contributed by atoms with van der Waals surface area (Å²) in [6.45, 7) is -0.331. The van der Waals surface area contributed by atoms with Crippen molar-refractivity contribution < 1.29 is 14.5 Å². The fraction of sp³-hybridized carbons (Fsp3) is 0.200. The summed E-state index contributed by atoms with van der Waals surface area (Å²) in [5.74, 6) is -1.40. The molecule has 2 amide bonds. The number of benzene rings is 1. The standard InChI is InChI=1S/C10H10ClN3O4/c1-13(5-9(12)15)10(16)7-4-6(11)2-3-8(7)14(17)18/h2-4H,5H2,1H3,(H2,12,15). The molecule has 0 bridgehead atoms. The zero-order valence-corrected chi connectivity index (χ0v) is 10.2. The van der Waals surface area contributed by atoms with Crippen LogP contribution < -0.4 is 5.73 Å². The monoisotopic (exact) mass is 271 g/mol. The predicted molar refractivity (Wildman–Crippen MR) is 64.3 cm³/mol. The lowest BCUT2D eigenvalue weighted by molar-refractivity contribution is -0.385. The number of carbonyl (C=O) groups is 2. The van der Waals surface area contributed by atoms with Gasteiger partial charge < -0.3 is 10.6 Å². The highest BCUT2D eigenvalue weighted by atomic mass is 35.5. The van der Waals surface area contributed by atoms with Crippen LogP contribution in [0.3, 0.4) is 0 Å². The van der Waals surface area contributed by atoms with E-state index in [0.717, 1.165) is 11.0 Å². The largest absolute Gasteiger partial charge is 0.368 e. The molecule has 1 aromatic rings. The maximum absolute atomic E-state index is 11.9. The highest BCUT2D eigenvalue weighted by Gasteiger charge is 2.23. The molecule has 1 aromatic carbocycles. The molecule has 0 fully saturated rings. The van der Waals surface area contributed by atoms with Crippen molar-refractivity contribution in [3.05, 3.63) is 38.9 Å². The smallest absolute Gasteiger partial charge is 0.282 e. The quantitative estimate of drug-likeness (QED) is 0.646. The first-order chi connectivity index (χ1) is 8.32. The number of nitro groups is 1. The Morgan fingerprint density at radius 3 is 2.61 bits per heavy atom. The van der Waals surface area contributed by atoms with Crippen molar-refractivity contribution in [1.29, 1.82) is 0 Å². The minimum atomic E-state index is -0.712. The van der Waals surface area contributed by atoms with E-state index in [-0.39, 0.29) is 22.8 Å². The fourth-order valence-electron chi connectivity index (χ4n) is 1.35. The second kappa shape index (κ2) is 5.46. The summed E-state index contributed by atoms with van der Waals surface area (Å²) in [5, 5.41) is 11.0.